The van der Waals surface area contributed by atoms with Gasteiger partial charge in [0.05, 0.1) is 22.3 Å². The number of benzene rings is 4. The van der Waals surface area contributed by atoms with Crippen molar-refractivity contribution < 1.29 is 34.1 Å². The van der Waals surface area contributed by atoms with E-state index in [0.29, 0.717) is 21.5 Å². The Hall–Kier alpha value is -4.26. The maximum atomic E-state index is 11.9. The summed E-state index contributed by atoms with van der Waals surface area (Å²) in [7, 11) is 0. The van der Waals surface area contributed by atoms with Crippen LogP contribution in [-0.2, 0) is 4.74 Å². The lowest BCUT2D eigenvalue weighted by molar-refractivity contribution is 0.0442. The minimum Gasteiger partial charge on any atom is -0.478 e. The monoisotopic (exact) mass is 386 g/mol. The molecule has 0 aliphatic carbocycles. The standard InChI is InChI=1S/C22H10O7/c23-19(24)15-5-9-1-3-12-11(13(9)7-16(15)20(25)26)4-2-10-6-17-18(8-14(10)12)22(28)29-21(17)27/h1-8H,(H,23,24)(H,25,26). The topological polar surface area (TPSA) is 118 Å². The molecule has 0 saturated heterocycles. The van der Waals surface area contributed by atoms with Gasteiger partial charge in [0.25, 0.3) is 0 Å². The first-order valence-corrected chi connectivity index (χ1v) is 8.55. The van der Waals surface area contributed by atoms with Crippen molar-refractivity contribution in [3.8, 4) is 0 Å². The Balaban J connectivity index is 1.89. The number of hydrogen-bond donors (Lipinski definition) is 2. The van der Waals surface area contributed by atoms with Gasteiger partial charge in [-0.1, -0.05) is 24.3 Å². The van der Waals surface area contributed by atoms with Crippen LogP contribution in [0, 0.1) is 0 Å². The predicted molar refractivity (Wildman–Crippen MR) is 103 cm³/mol. The normalized spacial score (nSPS) is 13.1. The van der Waals surface area contributed by atoms with Crippen molar-refractivity contribution in [1.82, 2.24) is 0 Å². The average molecular weight is 386 g/mol. The van der Waals surface area contributed by atoms with Crippen molar-refractivity contribution in [2.75, 3.05) is 0 Å². The highest BCUT2D eigenvalue weighted by Gasteiger charge is 2.30. The fourth-order valence-corrected chi connectivity index (χ4v) is 3.86. The van der Waals surface area contributed by atoms with E-state index in [1.54, 1.807) is 36.4 Å². The number of carbonyl (C=O) groups excluding carboxylic acids is 2. The van der Waals surface area contributed by atoms with Gasteiger partial charge in [0, 0.05) is 0 Å². The third kappa shape index (κ3) is 2.31. The number of carboxylic acid groups (broad SMARTS) is 2. The lowest BCUT2D eigenvalue weighted by atomic mass is 9.92. The van der Waals surface area contributed by atoms with E-state index in [1.807, 2.05) is 0 Å². The van der Waals surface area contributed by atoms with E-state index < -0.39 is 23.9 Å². The third-order valence-electron chi connectivity index (χ3n) is 5.20. The second-order valence-corrected chi connectivity index (χ2v) is 6.75. The van der Waals surface area contributed by atoms with Gasteiger partial charge in [-0.05, 0) is 56.6 Å². The molecule has 0 unspecified atom stereocenters. The first-order chi connectivity index (χ1) is 13.8. The molecule has 1 heterocycles. The lowest BCUT2D eigenvalue weighted by Crippen LogP contribution is -2.08. The molecule has 1 aliphatic heterocycles. The Bertz CT molecular complexity index is 1460. The average Bonchev–Trinajstić information content (AvgIpc) is 2.97. The van der Waals surface area contributed by atoms with Crippen LogP contribution < -0.4 is 0 Å². The van der Waals surface area contributed by atoms with Gasteiger partial charge >= 0.3 is 23.9 Å². The summed E-state index contributed by atoms with van der Waals surface area (Å²) >= 11 is 0. The second kappa shape index (κ2) is 5.62. The summed E-state index contributed by atoms with van der Waals surface area (Å²) in [5, 5.41) is 22.8. The highest BCUT2D eigenvalue weighted by atomic mass is 16.6. The molecule has 4 aromatic carbocycles. The number of esters is 2. The largest absolute Gasteiger partial charge is 0.478 e. The predicted octanol–water partition coefficient (Wildman–Crippen LogP) is 3.85. The first-order valence-electron chi connectivity index (χ1n) is 8.55. The molecule has 0 aromatic heterocycles. The van der Waals surface area contributed by atoms with E-state index >= 15 is 0 Å². The summed E-state index contributed by atoms with van der Waals surface area (Å²) in [4.78, 5) is 46.7. The van der Waals surface area contributed by atoms with Crippen LogP contribution in [0.2, 0.25) is 0 Å². The van der Waals surface area contributed by atoms with Crippen LogP contribution in [0.4, 0.5) is 0 Å². The van der Waals surface area contributed by atoms with Crippen molar-refractivity contribution in [3.63, 3.8) is 0 Å². The van der Waals surface area contributed by atoms with Crippen LogP contribution >= 0.6 is 0 Å². The van der Waals surface area contributed by atoms with Gasteiger partial charge in [0.15, 0.2) is 0 Å². The summed E-state index contributed by atoms with van der Waals surface area (Å²) in [6, 6.07) is 12.9. The van der Waals surface area contributed by atoms with Crippen LogP contribution in [0.5, 0.6) is 0 Å². The molecule has 7 nitrogen and oxygen atoms in total. The number of hydrogen-bond acceptors (Lipinski definition) is 5. The fourth-order valence-electron chi connectivity index (χ4n) is 3.86. The lowest BCUT2D eigenvalue weighted by Gasteiger charge is -2.10. The van der Waals surface area contributed by atoms with Crippen molar-refractivity contribution in [2.45, 2.75) is 0 Å². The molecule has 0 saturated carbocycles. The molecule has 0 spiro atoms. The molecule has 7 heteroatoms. The van der Waals surface area contributed by atoms with Crippen molar-refractivity contribution in [3.05, 3.63) is 70.8 Å². The zero-order valence-electron chi connectivity index (χ0n) is 14.6. The number of aromatic carboxylic acids is 2. The Morgan fingerprint density at radius 1 is 0.621 bits per heavy atom. The molecule has 0 bridgehead atoms. The molecule has 4 aromatic rings. The Labute approximate surface area is 161 Å². The van der Waals surface area contributed by atoms with Gasteiger partial charge in [-0.15, -0.1) is 0 Å². The van der Waals surface area contributed by atoms with Gasteiger partial charge in [0.2, 0.25) is 0 Å². The minimum atomic E-state index is -1.33. The molecule has 1 aliphatic rings. The highest BCUT2D eigenvalue weighted by Crippen LogP contribution is 2.35. The molecule has 0 atom stereocenters. The Morgan fingerprint density at radius 2 is 1.10 bits per heavy atom. The molecule has 140 valence electrons. The van der Waals surface area contributed by atoms with E-state index in [9.17, 15) is 29.4 Å². The molecule has 2 N–H and O–H groups in total. The van der Waals surface area contributed by atoms with Gasteiger partial charge in [-0.2, -0.15) is 0 Å². The maximum Gasteiger partial charge on any atom is 0.346 e. The number of ether oxygens (including phenoxy) is 1. The quantitative estimate of drug-likeness (QED) is 0.305. The molecule has 5 rings (SSSR count). The maximum absolute atomic E-state index is 11.9. The number of rotatable bonds is 2. The van der Waals surface area contributed by atoms with E-state index in [4.69, 9.17) is 0 Å². The Morgan fingerprint density at radius 3 is 1.69 bits per heavy atom. The molecule has 0 amide bonds. The van der Waals surface area contributed by atoms with Gasteiger partial charge in [-0.3, -0.25) is 0 Å². The van der Waals surface area contributed by atoms with Crippen LogP contribution in [0.15, 0.2) is 48.5 Å². The van der Waals surface area contributed by atoms with Crippen LogP contribution in [0.1, 0.15) is 41.4 Å². The molecule has 0 radical (unpaired) electrons. The molecule has 0 fully saturated rings. The van der Waals surface area contributed by atoms with Crippen LogP contribution in [-0.4, -0.2) is 34.1 Å². The zero-order valence-corrected chi connectivity index (χ0v) is 14.6. The summed E-state index contributed by atoms with van der Waals surface area (Å²) in [5.74, 6) is -4.04. The van der Waals surface area contributed by atoms with E-state index in [0.717, 1.165) is 10.8 Å². The smallest absolute Gasteiger partial charge is 0.346 e. The van der Waals surface area contributed by atoms with Crippen LogP contribution in [0.25, 0.3) is 32.3 Å². The van der Waals surface area contributed by atoms with Crippen molar-refractivity contribution >= 4 is 56.2 Å². The zero-order chi connectivity index (χ0) is 20.4. The molecule has 29 heavy (non-hydrogen) atoms. The van der Waals surface area contributed by atoms with E-state index in [1.165, 1.54) is 12.1 Å². The summed E-state index contributed by atoms with van der Waals surface area (Å²) in [6.07, 6.45) is 0. The summed E-state index contributed by atoms with van der Waals surface area (Å²) < 4.78 is 4.66. The van der Waals surface area contributed by atoms with E-state index in [-0.39, 0.29) is 22.3 Å². The van der Waals surface area contributed by atoms with Gasteiger partial charge in [-0.25, -0.2) is 19.2 Å². The number of carbonyl (C=O) groups is 4. The third-order valence-corrected chi connectivity index (χ3v) is 5.20. The summed E-state index contributed by atoms with van der Waals surface area (Å²) in [6.45, 7) is 0. The molecular formula is C22H10O7. The SMILES string of the molecule is O=C(O)c1cc2ccc3c4cc5c(cc4ccc3c2cc1C(=O)O)C(=O)OC5=O. The van der Waals surface area contributed by atoms with Gasteiger partial charge in [0.1, 0.15) is 0 Å². The number of carboxylic acids is 2. The highest BCUT2D eigenvalue weighted by molar-refractivity contribution is 6.23. The summed E-state index contributed by atoms with van der Waals surface area (Å²) in [5.41, 5.74) is -0.200. The Kier molecular flexibility index (Phi) is 3.27. The van der Waals surface area contributed by atoms with Gasteiger partial charge < -0.3 is 14.9 Å². The van der Waals surface area contributed by atoms with Crippen LogP contribution in [0.3, 0.4) is 0 Å². The molecular weight excluding hydrogens is 376 g/mol. The van der Waals surface area contributed by atoms with E-state index in [2.05, 4.69) is 4.74 Å². The number of fused-ring (bicyclic) bond motifs is 6. The fraction of sp³-hybridized carbons (Fsp3) is 0. The first kappa shape index (κ1) is 16.9. The van der Waals surface area contributed by atoms with Crippen molar-refractivity contribution in [1.29, 1.82) is 0 Å². The minimum absolute atomic E-state index is 0.183. The van der Waals surface area contributed by atoms with Crippen molar-refractivity contribution in [2.24, 2.45) is 0 Å². The second-order valence-electron chi connectivity index (χ2n) is 6.75. The number of cyclic esters (lactones) is 2.